The van der Waals surface area contributed by atoms with Crippen LogP contribution in [0.4, 0.5) is 14.6 Å². The molecule has 0 aromatic carbocycles. The van der Waals surface area contributed by atoms with Crippen LogP contribution in [0.1, 0.15) is 12.8 Å². The van der Waals surface area contributed by atoms with Gasteiger partial charge in [-0.3, -0.25) is 4.79 Å². The molecule has 8 heteroatoms. The topological polar surface area (TPSA) is 86.5 Å². The van der Waals surface area contributed by atoms with Crippen molar-refractivity contribution < 1.29 is 23.0 Å². The van der Waals surface area contributed by atoms with Crippen molar-refractivity contribution in [1.82, 2.24) is 4.98 Å². The number of carbonyl (C=O) groups is 1. The number of ether oxygens (including phenoxy) is 2. The molecule has 3 N–H and O–H groups in total. The zero-order chi connectivity index (χ0) is 15.3. The fraction of sp³-hybridized carbons (Fsp3) is 0.538. The number of nitrogens with one attached hydrogen (secondary N) is 1. The minimum Gasteiger partial charge on any atom is -0.433 e. The highest BCUT2D eigenvalue weighted by atomic mass is 19.3. The summed E-state index contributed by atoms with van der Waals surface area (Å²) < 4.78 is 33.5. The monoisotopic (exact) mass is 301 g/mol. The van der Waals surface area contributed by atoms with Crippen LogP contribution >= 0.6 is 0 Å². The van der Waals surface area contributed by atoms with E-state index in [2.05, 4.69) is 15.0 Å². The molecular formula is C13H17F2N3O3. The molecule has 1 aliphatic heterocycles. The van der Waals surface area contributed by atoms with Gasteiger partial charge in [0.15, 0.2) is 0 Å². The third kappa shape index (κ3) is 4.01. The van der Waals surface area contributed by atoms with E-state index in [1.54, 1.807) is 0 Å². The van der Waals surface area contributed by atoms with Gasteiger partial charge in [0, 0.05) is 19.8 Å². The molecule has 2 heterocycles. The highest BCUT2D eigenvalue weighted by Crippen LogP contribution is 2.30. The first-order valence-electron chi connectivity index (χ1n) is 6.54. The molecule has 0 radical (unpaired) electrons. The molecule has 0 aliphatic carbocycles. The number of pyridine rings is 1. The predicted molar refractivity (Wildman–Crippen MR) is 71.0 cm³/mol. The Morgan fingerprint density at radius 3 is 2.71 bits per heavy atom. The minimum absolute atomic E-state index is 0.0220. The number of nitrogens with two attached hydrogens (primary N) is 1. The highest BCUT2D eigenvalue weighted by molar-refractivity contribution is 5.81. The molecule has 2 rings (SSSR count). The summed E-state index contributed by atoms with van der Waals surface area (Å²) >= 11 is 0. The van der Waals surface area contributed by atoms with E-state index in [1.807, 2.05) is 0 Å². The van der Waals surface area contributed by atoms with Gasteiger partial charge < -0.3 is 20.5 Å². The van der Waals surface area contributed by atoms with Crippen LogP contribution in [0.3, 0.4) is 0 Å². The van der Waals surface area contributed by atoms with Gasteiger partial charge in [0.25, 0.3) is 0 Å². The van der Waals surface area contributed by atoms with Crippen molar-refractivity contribution in [1.29, 1.82) is 0 Å². The van der Waals surface area contributed by atoms with Gasteiger partial charge in [-0.1, -0.05) is 0 Å². The van der Waals surface area contributed by atoms with E-state index in [1.165, 1.54) is 18.3 Å². The van der Waals surface area contributed by atoms with Gasteiger partial charge >= 0.3 is 6.61 Å². The van der Waals surface area contributed by atoms with Gasteiger partial charge in [0.2, 0.25) is 5.91 Å². The normalized spacial score (nSPS) is 17.5. The van der Waals surface area contributed by atoms with Gasteiger partial charge in [0.05, 0.1) is 11.6 Å². The Hall–Kier alpha value is -1.96. The zero-order valence-electron chi connectivity index (χ0n) is 11.4. The second-order valence-electron chi connectivity index (χ2n) is 4.87. The predicted octanol–water partition coefficient (Wildman–Crippen LogP) is 1.38. The summed E-state index contributed by atoms with van der Waals surface area (Å²) in [6, 6.07) is 2.88. The lowest BCUT2D eigenvalue weighted by molar-refractivity contribution is -0.132. The van der Waals surface area contributed by atoms with E-state index >= 15 is 0 Å². The summed E-state index contributed by atoms with van der Waals surface area (Å²) in [6.45, 7) is -1.59. The number of nitrogens with zero attached hydrogens (tertiary/aromatic N) is 1. The number of anilines is 1. The molecule has 6 nitrogen and oxygen atoms in total. The molecule has 116 valence electrons. The molecule has 1 aliphatic rings. The van der Waals surface area contributed by atoms with Gasteiger partial charge in [0.1, 0.15) is 11.6 Å². The van der Waals surface area contributed by atoms with Crippen LogP contribution in [-0.2, 0) is 9.53 Å². The van der Waals surface area contributed by atoms with Crippen LogP contribution in [0.25, 0.3) is 0 Å². The Morgan fingerprint density at radius 2 is 2.19 bits per heavy atom. The molecular weight excluding hydrogens is 284 g/mol. The number of carbonyl (C=O) groups excluding carboxylic acids is 1. The Kier molecular flexibility index (Phi) is 4.89. The van der Waals surface area contributed by atoms with E-state index in [0.717, 1.165) is 0 Å². The number of hydrogen-bond acceptors (Lipinski definition) is 5. The summed E-state index contributed by atoms with van der Waals surface area (Å²) in [4.78, 5) is 15.6. The second-order valence-corrected chi connectivity index (χ2v) is 4.87. The standard InChI is InChI=1S/C13H17F2N3O3/c14-12(15)21-9-1-2-10(17-7-9)18-8-13(11(16)19)3-5-20-6-4-13/h1-2,7,12H,3-6,8H2,(H2,16,19)(H,17,18). The Bertz CT molecular complexity index is 476. The number of primary amides is 1. The van der Waals surface area contributed by atoms with Gasteiger partial charge in [-0.25, -0.2) is 4.98 Å². The average Bonchev–Trinajstić information content (AvgIpc) is 2.47. The molecule has 1 aromatic heterocycles. The lowest BCUT2D eigenvalue weighted by atomic mass is 9.79. The first-order valence-corrected chi connectivity index (χ1v) is 6.54. The van der Waals surface area contributed by atoms with Gasteiger partial charge in [-0.05, 0) is 25.0 Å². The Morgan fingerprint density at radius 1 is 1.48 bits per heavy atom. The van der Waals surface area contributed by atoms with Crippen molar-refractivity contribution >= 4 is 11.7 Å². The Balaban J connectivity index is 1.96. The van der Waals surface area contributed by atoms with Crippen molar-refractivity contribution in [3.63, 3.8) is 0 Å². The van der Waals surface area contributed by atoms with Crippen LogP contribution in [0.5, 0.6) is 5.75 Å². The molecule has 1 amide bonds. The average molecular weight is 301 g/mol. The molecule has 0 unspecified atom stereocenters. The number of halogens is 2. The lowest BCUT2D eigenvalue weighted by Gasteiger charge is -2.34. The van der Waals surface area contributed by atoms with E-state index in [9.17, 15) is 13.6 Å². The third-order valence-corrected chi connectivity index (χ3v) is 3.54. The number of hydrogen-bond donors (Lipinski definition) is 2. The summed E-state index contributed by atoms with van der Waals surface area (Å²) in [7, 11) is 0. The SMILES string of the molecule is NC(=O)C1(CNc2ccc(OC(F)F)cn2)CCOCC1. The molecule has 1 aromatic rings. The summed E-state index contributed by atoms with van der Waals surface area (Å²) in [6.07, 6.45) is 2.28. The van der Waals surface area contributed by atoms with Crippen LogP contribution in [-0.4, -0.2) is 37.3 Å². The third-order valence-electron chi connectivity index (χ3n) is 3.54. The second kappa shape index (κ2) is 6.66. The van der Waals surface area contributed by atoms with Gasteiger partial charge in [-0.15, -0.1) is 0 Å². The molecule has 21 heavy (non-hydrogen) atoms. The smallest absolute Gasteiger partial charge is 0.387 e. The molecule has 0 saturated carbocycles. The number of alkyl halides is 2. The maximum atomic E-state index is 12.0. The van der Waals surface area contributed by atoms with E-state index in [4.69, 9.17) is 10.5 Å². The number of aromatic nitrogens is 1. The van der Waals surface area contributed by atoms with E-state index in [-0.39, 0.29) is 11.7 Å². The minimum atomic E-state index is -2.88. The van der Waals surface area contributed by atoms with Crippen LogP contribution in [0.2, 0.25) is 0 Å². The zero-order valence-corrected chi connectivity index (χ0v) is 11.4. The van der Waals surface area contributed by atoms with E-state index < -0.39 is 12.0 Å². The number of rotatable bonds is 6. The maximum Gasteiger partial charge on any atom is 0.387 e. The van der Waals surface area contributed by atoms with Crippen molar-refractivity contribution in [3.8, 4) is 5.75 Å². The summed E-state index contributed by atoms with van der Waals surface area (Å²) in [5.41, 5.74) is 4.82. The van der Waals surface area contributed by atoms with Crippen molar-refractivity contribution in [2.45, 2.75) is 19.5 Å². The maximum absolute atomic E-state index is 12.0. The van der Waals surface area contributed by atoms with Crippen molar-refractivity contribution in [2.24, 2.45) is 11.1 Å². The largest absolute Gasteiger partial charge is 0.433 e. The number of amides is 1. The van der Waals surface area contributed by atoms with Crippen LogP contribution in [0, 0.1) is 5.41 Å². The fourth-order valence-corrected chi connectivity index (χ4v) is 2.19. The summed E-state index contributed by atoms with van der Waals surface area (Å²) in [5.74, 6) is 0.0610. The van der Waals surface area contributed by atoms with E-state index in [0.29, 0.717) is 38.4 Å². The molecule has 0 bridgehead atoms. The Labute approximate surface area is 120 Å². The highest BCUT2D eigenvalue weighted by Gasteiger charge is 2.38. The van der Waals surface area contributed by atoms with Gasteiger partial charge in [-0.2, -0.15) is 8.78 Å². The van der Waals surface area contributed by atoms with Crippen LogP contribution in [0.15, 0.2) is 18.3 Å². The quantitative estimate of drug-likeness (QED) is 0.829. The molecule has 0 spiro atoms. The fourth-order valence-electron chi connectivity index (χ4n) is 2.19. The lowest BCUT2D eigenvalue weighted by Crippen LogP contribution is -2.46. The van der Waals surface area contributed by atoms with Crippen molar-refractivity contribution in [2.75, 3.05) is 25.1 Å². The van der Waals surface area contributed by atoms with Crippen molar-refractivity contribution in [3.05, 3.63) is 18.3 Å². The summed E-state index contributed by atoms with van der Waals surface area (Å²) in [5, 5.41) is 3.01. The first kappa shape index (κ1) is 15.4. The molecule has 1 saturated heterocycles. The molecule has 1 fully saturated rings. The van der Waals surface area contributed by atoms with Crippen LogP contribution < -0.4 is 15.8 Å². The first-order chi connectivity index (χ1) is 10.0. The molecule has 0 atom stereocenters.